The van der Waals surface area contributed by atoms with Crippen LogP contribution < -0.4 is 0 Å². The Hall–Kier alpha value is -1.18. The van der Waals surface area contributed by atoms with Gasteiger partial charge in [0.2, 0.25) is 0 Å². The summed E-state index contributed by atoms with van der Waals surface area (Å²) in [5.74, 6) is 0.0792. The summed E-state index contributed by atoms with van der Waals surface area (Å²) in [5.41, 5.74) is 1.70. The average molecular weight is 234 g/mol. The first-order valence-electron chi connectivity index (χ1n) is 6.30. The van der Waals surface area contributed by atoms with Crippen molar-refractivity contribution >= 4 is 5.78 Å². The molecule has 92 valence electrons. The molecule has 0 atom stereocenters. The molecular weight excluding hydrogens is 215 g/mol. The smallest absolute Gasteiger partial charge is 0.143 e. The Kier molecular flexibility index (Phi) is 3.32. The van der Waals surface area contributed by atoms with Crippen LogP contribution in [0.4, 0.5) is 4.39 Å². The third kappa shape index (κ3) is 2.56. The first-order chi connectivity index (χ1) is 8.01. The Morgan fingerprint density at radius 3 is 2.59 bits per heavy atom. The average Bonchev–Trinajstić information content (AvgIpc) is 2.71. The lowest BCUT2D eigenvalue weighted by atomic mass is 9.81. The fraction of sp³-hybridized carbons (Fsp3) is 0.533. The van der Waals surface area contributed by atoms with E-state index in [1.54, 1.807) is 6.07 Å². The molecule has 0 heterocycles. The van der Waals surface area contributed by atoms with E-state index in [9.17, 15) is 9.18 Å². The number of Topliss-reactive ketones (excluding diaryl/α,β-unsaturated/α-hetero) is 1. The molecule has 0 spiro atoms. The van der Waals surface area contributed by atoms with Gasteiger partial charge in [-0.2, -0.15) is 0 Å². The molecule has 0 aliphatic heterocycles. The standard InChI is InChI=1S/C15H19FO/c1-11-9-13(16)6-5-12(11)10-14(17)15(2)7-3-4-8-15/h5-6,9H,3-4,7-8,10H2,1-2H3. The summed E-state index contributed by atoms with van der Waals surface area (Å²) < 4.78 is 13.0. The van der Waals surface area contributed by atoms with Crippen LogP contribution in [0.1, 0.15) is 43.7 Å². The molecule has 2 rings (SSSR count). The summed E-state index contributed by atoms with van der Waals surface area (Å²) >= 11 is 0. The van der Waals surface area contributed by atoms with Crippen molar-refractivity contribution in [3.05, 3.63) is 35.1 Å². The van der Waals surface area contributed by atoms with Gasteiger partial charge in [0.1, 0.15) is 11.6 Å². The van der Waals surface area contributed by atoms with Crippen LogP contribution in [0.25, 0.3) is 0 Å². The summed E-state index contributed by atoms with van der Waals surface area (Å²) in [6, 6.07) is 4.67. The molecule has 1 saturated carbocycles. The highest BCUT2D eigenvalue weighted by atomic mass is 19.1. The topological polar surface area (TPSA) is 17.1 Å². The van der Waals surface area contributed by atoms with Gasteiger partial charge in [0.25, 0.3) is 0 Å². The van der Waals surface area contributed by atoms with Crippen molar-refractivity contribution < 1.29 is 9.18 Å². The first kappa shape index (κ1) is 12.3. The number of carbonyl (C=O) groups excluding carboxylic acids is 1. The maximum Gasteiger partial charge on any atom is 0.143 e. The third-order valence-electron chi connectivity index (χ3n) is 4.04. The predicted octanol–water partition coefficient (Wildman–Crippen LogP) is 3.83. The van der Waals surface area contributed by atoms with Crippen molar-refractivity contribution in [2.75, 3.05) is 0 Å². The number of hydrogen-bond donors (Lipinski definition) is 0. The zero-order valence-electron chi connectivity index (χ0n) is 10.6. The molecule has 0 saturated heterocycles. The Bertz CT molecular complexity index is 431. The zero-order valence-corrected chi connectivity index (χ0v) is 10.6. The van der Waals surface area contributed by atoms with Gasteiger partial charge in [-0.1, -0.05) is 25.8 Å². The fourth-order valence-electron chi connectivity index (χ4n) is 2.68. The van der Waals surface area contributed by atoms with Gasteiger partial charge in [-0.15, -0.1) is 0 Å². The molecule has 0 aromatic heterocycles. The van der Waals surface area contributed by atoms with E-state index in [4.69, 9.17) is 0 Å². The Morgan fingerprint density at radius 2 is 2.00 bits per heavy atom. The van der Waals surface area contributed by atoms with Crippen LogP contribution in [0.5, 0.6) is 0 Å². The molecule has 1 fully saturated rings. The molecule has 17 heavy (non-hydrogen) atoms. The van der Waals surface area contributed by atoms with Crippen LogP contribution in [-0.4, -0.2) is 5.78 Å². The molecule has 1 aliphatic rings. The molecule has 0 amide bonds. The number of hydrogen-bond acceptors (Lipinski definition) is 1. The summed E-state index contributed by atoms with van der Waals surface area (Å²) in [7, 11) is 0. The highest BCUT2D eigenvalue weighted by molar-refractivity contribution is 5.86. The van der Waals surface area contributed by atoms with E-state index in [-0.39, 0.29) is 11.2 Å². The summed E-state index contributed by atoms with van der Waals surface area (Å²) in [4.78, 5) is 12.3. The summed E-state index contributed by atoms with van der Waals surface area (Å²) in [6.07, 6.45) is 4.77. The van der Waals surface area contributed by atoms with Crippen molar-refractivity contribution in [1.82, 2.24) is 0 Å². The normalized spacial score (nSPS) is 18.3. The van der Waals surface area contributed by atoms with E-state index in [1.807, 2.05) is 6.92 Å². The lowest BCUT2D eigenvalue weighted by Gasteiger charge is -2.22. The Morgan fingerprint density at radius 1 is 1.35 bits per heavy atom. The van der Waals surface area contributed by atoms with E-state index >= 15 is 0 Å². The van der Waals surface area contributed by atoms with Crippen LogP contribution in [0, 0.1) is 18.2 Å². The molecule has 1 nitrogen and oxygen atoms in total. The van der Waals surface area contributed by atoms with Crippen LogP contribution in [-0.2, 0) is 11.2 Å². The van der Waals surface area contributed by atoms with Crippen molar-refractivity contribution in [3.63, 3.8) is 0 Å². The number of halogens is 1. The first-order valence-corrected chi connectivity index (χ1v) is 6.30. The van der Waals surface area contributed by atoms with E-state index in [0.29, 0.717) is 12.2 Å². The summed E-state index contributed by atoms with van der Waals surface area (Å²) in [6.45, 7) is 3.93. The monoisotopic (exact) mass is 234 g/mol. The van der Waals surface area contributed by atoms with Gasteiger partial charge in [0.15, 0.2) is 0 Å². The minimum Gasteiger partial charge on any atom is -0.299 e. The molecule has 0 unspecified atom stereocenters. The predicted molar refractivity (Wildman–Crippen MR) is 66.4 cm³/mol. The molecule has 1 aromatic carbocycles. The van der Waals surface area contributed by atoms with Crippen LogP contribution in [0.3, 0.4) is 0 Å². The van der Waals surface area contributed by atoms with Gasteiger partial charge in [-0.05, 0) is 43.0 Å². The summed E-state index contributed by atoms with van der Waals surface area (Å²) in [5, 5.41) is 0. The lowest BCUT2D eigenvalue weighted by Crippen LogP contribution is -2.26. The van der Waals surface area contributed by atoms with E-state index in [0.717, 1.165) is 36.8 Å². The van der Waals surface area contributed by atoms with Gasteiger partial charge in [-0.3, -0.25) is 4.79 Å². The number of ketones is 1. The number of benzene rings is 1. The molecule has 0 radical (unpaired) electrons. The second kappa shape index (κ2) is 4.59. The maximum atomic E-state index is 13.0. The van der Waals surface area contributed by atoms with Crippen LogP contribution in [0.15, 0.2) is 18.2 Å². The van der Waals surface area contributed by atoms with Crippen molar-refractivity contribution in [1.29, 1.82) is 0 Å². The van der Waals surface area contributed by atoms with Gasteiger partial charge in [0, 0.05) is 11.8 Å². The highest BCUT2D eigenvalue weighted by Crippen LogP contribution is 2.39. The number of carbonyl (C=O) groups is 1. The second-order valence-electron chi connectivity index (χ2n) is 5.44. The van der Waals surface area contributed by atoms with Gasteiger partial charge < -0.3 is 0 Å². The van der Waals surface area contributed by atoms with Crippen molar-refractivity contribution in [2.45, 2.75) is 46.0 Å². The molecule has 0 bridgehead atoms. The zero-order chi connectivity index (χ0) is 12.5. The second-order valence-corrected chi connectivity index (χ2v) is 5.44. The molecular formula is C15H19FO. The maximum absolute atomic E-state index is 13.0. The third-order valence-corrected chi connectivity index (χ3v) is 4.04. The van der Waals surface area contributed by atoms with E-state index < -0.39 is 0 Å². The Balaban J connectivity index is 2.13. The van der Waals surface area contributed by atoms with Gasteiger partial charge >= 0.3 is 0 Å². The molecule has 0 N–H and O–H groups in total. The van der Waals surface area contributed by atoms with Gasteiger partial charge in [-0.25, -0.2) is 4.39 Å². The molecule has 2 heteroatoms. The lowest BCUT2D eigenvalue weighted by molar-refractivity contribution is -0.126. The highest BCUT2D eigenvalue weighted by Gasteiger charge is 2.35. The minimum atomic E-state index is -0.231. The quantitative estimate of drug-likeness (QED) is 0.777. The van der Waals surface area contributed by atoms with Crippen LogP contribution in [0.2, 0.25) is 0 Å². The van der Waals surface area contributed by atoms with Gasteiger partial charge in [0.05, 0.1) is 0 Å². The van der Waals surface area contributed by atoms with E-state index in [2.05, 4.69) is 6.92 Å². The molecule has 1 aromatic rings. The fourth-order valence-corrected chi connectivity index (χ4v) is 2.68. The number of rotatable bonds is 3. The molecule has 1 aliphatic carbocycles. The van der Waals surface area contributed by atoms with Crippen LogP contribution >= 0.6 is 0 Å². The minimum absolute atomic E-state index is 0.138. The SMILES string of the molecule is Cc1cc(F)ccc1CC(=O)C1(C)CCCC1. The number of aryl methyl sites for hydroxylation is 1. The van der Waals surface area contributed by atoms with Crippen molar-refractivity contribution in [3.8, 4) is 0 Å². The van der Waals surface area contributed by atoms with Crippen molar-refractivity contribution in [2.24, 2.45) is 5.41 Å². The van der Waals surface area contributed by atoms with E-state index in [1.165, 1.54) is 12.1 Å². The largest absolute Gasteiger partial charge is 0.299 e. The Labute approximate surface area is 102 Å².